The van der Waals surface area contributed by atoms with Gasteiger partial charge < -0.3 is 10.1 Å². The summed E-state index contributed by atoms with van der Waals surface area (Å²) >= 11 is 1.61. The lowest BCUT2D eigenvalue weighted by Crippen LogP contribution is -2.25. The van der Waals surface area contributed by atoms with Gasteiger partial charge in [0.25, 0.3) is 0 Å². The van der Waals surface area contributed by atoms with Crippen molar-refractivity contribution in [1.29, 1.82) is 0 Å². The van der Waals surface area contributed by atoms with Gasteiger partial charge in [0.1, 0.15) is 5.75 Å². The number of hydrogen-bond acceptors (Lipinski definition) is 5. The van der Waals surface area contributed by atoms with Crippen LogP contribution in [0.3, 0.4) is 0 Å². The van der Waals surface area contributed by atoms with Crippen molar-refractivity contribution in [3.63, 3.8) is 0 Å². The first-order valence-electron chi connectivity index (χ1n) is 7.48. The van der Waals surface area contributed by atoms with E-state index >= 15 is 0 Å². The molecule has 0 radical (unpaired) electrons. The van der Waals surface area contributed by atoms with Crippen LogP contribution < -0.4 is 10.1 Å². The van der Waals surface area contributed by atoms with Crippen molar-refractivity contribution in [2.24, 2.45) is 0 Å². The van der Waals surface area contributed by atoms with Gasteiger partial charge in [0.05, 0.1) is 31.5 Å². The number of amides is 1. The molecule has 1 N–H and O–H groups in total. The number of methoxy groups -OCH3 is 1. The molecular formula is C18H17N3O2S. The normalized spacial score (nSPS) is 10.4. The van der Waals surface area contributed by atoms with E-state index in [4.69, 9.17) is 4.74 Å². The Bertz CT molecular complexity index is 801. The molecule has 0 fully saturated rings. The first-order valence-corrected chi connectivity index (χ1v) is 8.42. The summed E-state index contributed by atoms with van der Waals surface area (Å²) in [7, 11) is 1.62. The minimum Gasteiger partial charge on any atom is -0.497 e. The van der Waals surface area contributed by atoms with Crippen molar-refractivity contribution in [3.05, 3.63) is 64.7 Å². The van der Waals surface area contributed by atoms with Crippen molar-refractivity contribution in [2.45, 2.75) is 13.0 Å². The van der Waals surface area contributed by atoms with Crippen LogP contribution in [-0.2, 0) is 17.8 Å². The molecule has 6 heteroatoms. The molecule has 24 heavy (non-hydrogen) atoms. The topological polar surface area (TPSA) is 64.1 Å². The Hall–Kier alpha value is -2.73. The number of benzene rings is 1. The number of aromatic nitrogens is 2. The Morgan fingerprint density at radius 1 is 1.17 bits per heavy atom. The molecule has 0 aliphatic heterocycles. The summed E-state index contributed by atoms with van der Waals surface area (Å²) in [4.78, 5) is 20.9. The first kappa shape index (κ1) is 16.1. The van der Waals surface area contributed by atoms with Crippen LogP contribution in [0.5, 0.6) is 5.75 Å². The van der Waals surface area contributed by atoms with E-state index in [1.54, 1.807) is 30.8 Å². The molecule has 122 valence electrons. The summed E-state index contributed by atoms with van der Waals surface area (Å²) in [6, 6.07) is 9.46. The molecule has 0 atom stereocenters. The molecule has 5 nitrogen and oxygen atoms in total. The summed E-state index contributed by atoms with van der Waals surface area (Å²) in [5.74, 6) is 0.723. The second-order valence-electron chi connectivity index (χ2n) is 5.17. The molecule has 3 aromatic rings. The molecule has 0 aliphatic rings. The number of nitrogens with zero attached hydrogens (tertiary/aromatic N) is 2. The Kier molecular flexibility index (Phi) is 5.18. The van der Waals surface area contributed by atoms with E-state index < -0.39 is 0 Å². The molecule has 0 saturated carbocycles. The maximum Gasteiger partial charge on any atom is 0.224 e. The third-order valence-corrected chi connectivity index (χ3v) is 4.23. The number of rotatable bonds is 6. The fourth-order valence-electron chi connectivity index (χ4n) is 2.31. The Morgan fingerprint density at radius 2 is 1.96 bits per heavy atom. The Labute approximate surface area is 144 Å². The van der Waals surface area contributed by atoms with Gasteiger partial charge in [-0.15, -0.1) is 0 Å². The first-order chi connectivity index (χ1) is 11.8. The van der Waals surface area contributed by atoms with Gasteiger partial charge in [-0.3, -0.25) is 14.8 Å². The fraction of sp³-hybridized carbons (Fsp3) is 0.167. The number of hydrogen-bond donors (Lipinski definition) is 1. The zero-order valence-corrected chi connectivity index (χ0v) is 14.0. The van der Waals surface area contributed by atoms with Crippen LogP contribution in [-0.4, -0.2) is 23.0 Å². The van der Waals surface area contributed by atoms with Crippen molar-refractivity contribution in [2.75, 3.05) is 7.11 Å². The zero-order valence-electron chi connectivity index (χ0n) is 13.2. The third kappa shape index (κ3) is 3.97. The average molecular weight is 339 g/mol. The maximum absolute atomic E-state index is 12.1. The van der Waals surface area contributed by atoms with Gasteiger partial charge in [0.15, 0.2) is 0 Å². The molecule has 0 spiro atoms. The zero-order chi connectivity index (χ0) is 16.8. The van der Waals surface area contributed by atoms with Gasteiger partial charge in [-0.05, 0) is 29.1 Å². The van der Waals surface area contributed by atoms with Crippen LogP contribution in [0.15, 0.2) is 53.5 Å². The lowest BCUT2D eigenvalue weighted by atomic mass is 10.1. The van der Waals surface area contributed by atoms with E-state index in [2.05, 4.69) is 15.3 Å². The number of carbonyl (C=O) groups is 1. The van der Waals surface area contributed by atoms with Crippen LogP contribution in [0.4, 0.5) is 0 Å². The Morgan fingerprint density at radius 3 is 2.67 bits per heavy atom. The van der Waals surface area contributed by atoms with Crippen LogP contribution >= 0.6 is 11.3 Å². The molecule has 3 rings (SSSR count). The molecule has 0 saturated heterocycles. The van der Waals surface area contributed by atoms with E-state index in [1.807, 2.05) is 41.1 Å². The minimum atomic E-state index is -0.0536. The third-order valence-electron chi connectivity index (χ3n) is 3.55. The highest BCUT2D eigenvalue weighted by Crippen LogP contribution is 2.22. The van der Waals surface area contributed by atoms with Gasteiger partial charge in [-0.2, -0.15) is 11.3 Å². The highest BCUT2D eigenvalue weighted by molar-refractivity contribution is 7.08. The molecule has 1 aromatic carbocycles. The van der Waals surface area contributed by atoms with E-state index in [0.717, 1.165) is 28.3 Å². The van der Waals surface area contributed by atoms with Crippen LogP contribution in [0.25, 0.3) is 11.3 Å². The quantitative estimate of drug-likeness (QED) is 0.750. The van der Waals surface area contributed by atoms with Gasteiger partial charge in [0.2, 0.25) is 5.91 Å². The van der Waals surface area contributed by atoms with Gasteiger partial charge in [-0.1, -0.05) is 12.1 Å². The van der Waals surface area contributed by atoms with E-state index in [9.17, 15) is 4.79 Å². The number of nitrogens with one attached hydrogen (secondary N) is 1. The second-order valence-corrected chi connectivity index (χ2v) is 5.95. The number of thiophene rings is 1. The highest BCUT2D eigenvalue weighted by Gasteiger charge is 2.10. The van der Waals surface area contributed by atoms with Crippen molar-refractivity contribution >= 4 is 17.2 Å². The van der Waals surface area contributed by atoms with E-state index in [1.165, 1.54) is 0 Å². The minimum absolute atomic E-state index is 0.0536. The summed E-state index contributed by atoms with van der Waals surface area (Å²) in [6.07, 6.45) is 3.62. The molecule has 0 aliphatic carbocycles. The van der Waals surface area contributed by atoms with Crippen molar-refractivity contribution < 1.29 is 9.53 Å². The SMILES string of the molecule is COc1ccc(CC(=O)NCc2nccnc2-c2ccsc2)cc1. The van der Waals surface area contributed by atoms with Crippen LogP contribution in [0.1, 0.15) is 11.3 Å². The van der Waals surface area contributed by atoms with Crippen molar-refractivity contribution in [3.8, 4) is 17.0 Å². The molecule has 2 aromatic heterocycles. The predicted octanol–water partition coefficient (Wildman–Crippen LogP) is 3.07. The lowest BCUT2D eigenvalue weighted by Gasteiger charge is -2.08. The molecule has 0 unspecified atom stereocenters. The summed E-state index contributed by atoms with van der Waals surface area (Å²) in [5, 5.41) is 6.93. The molecule has 2 heterocycles. The standard InChI is InChI=1S/C18H17N3O2S/c1-23-15-4-2-13(3-5-15)10-17(22)21-11-16-18(20-8-7-19-16)14-6-9-24-12-14/h2-9,12H,10-11H2,1H3,(H,21,22). The second kappa shape index (κ2) is 7.70. The van der Waals surface area contributed by atoms with Crippen LogP contribution in [0, 0.1) is 0 Å². The average Bonchev–Trinajstić information content (AvgIpc) is 3.15. The molecular weight excluding hydrogens is 322 g/mol. The Balaban J connectivity index is 1.62. The van der Waals surface area contributed by atoms with E-state index in [0.29, 0.717) is 13.0 Å². The lowest BCUT2D eigenvalue weighted by molar-refractivity contribution is -0.120. The number of ether oxygens (including phenoxy) is 1. The van der Waals surface area contributed by atoms with Gasteiger partial charge >= 0.3 is 0 Å². The van der Waals surface area contributed by atoms with Crippen LogP contribution in [0.2, 0.25) is 0 Å². The number of carbonyl (C=O) groups excluding carboxylic acids is 1. The predicted molar refractivity (Wildman–Crippen MR) is 93.9 cm³/mol. The summed E-state index contributed by atoms with van der Waals surface area (Å²) in [6.45, 7) is 0.355. The van der Waals surface area contributed by atoms with Gasteiger partial charge in [-0.25, -0.2) is 0 Å². The highest BCUT2D eigenvalue weighted by atomic mass is 32.1. The van der Waals surface area contributed by atoms with Gasteiger partial charge in [0, 0.05) is 23.3 Å². The molecule has 1 amide bonds. The smallest absolute Gasteiger partial charge is 0.224 e. The van der Waals surface area contributed by atoms with E-state index in [-0.39, 0.29) is 5.91 Å². The van der Waals surface area contributed by atoms with Crippen molar-refractivity contribution in [1.82, 2.24) is 15.3 Å². The maximum atomic E-state index is 12.1. The largest absolute Gasteiger partial charge is 0.497 e. The monoisotopic (exact) mass is 339 g/mol. The summed E-state index contributed by atoms with van der Waals surface area (Å²) < 4.78 is 5.11. The molecule has 0 bridgehead atoms. The fourth-order valence-corrected chi connectivity index (χ4v) is 2.95. The summed E-state index contributed by atoms with van der Waals surface area (Å²) in [5.41, 5.74) is 3.53.